The predicted octanol–water partition coefficient (Wildman–Crippen LogP) is 5.78. The van der Waals surface area contributed by atoms with Gasteiger partial charge in [-0.3, -0.25) is 4.79 Å². The van der Waals surface area contributed by atoms with E-state index in [-0.39, 0.29) is 17.9 Å². The van der Waals surface area contributed by atoms with E-state index < -0.39 is 11.9 Å². The fraction of sp³-hybridized carbons (Fsp3) is 0.227. The first-order valence-corrected chi connectivity index (χ1v) is 10.4. The molecule has 1 aliphatic rings. The molecular formula is C22H20BrClN2O3. The van der Waals surface area contributed by atoms with Crippen LogP contribution in [0.25, 0.3) is 6.08 Å². The van der Waals surface area contributed by atoms with Gasteiger partial charge in [0.25, 0.3) is 5.91 Å². The second kappa shape index (κ2) is 9.37. The number of halogens is 2. The molecule has 1 atom stereocenters. The third-order valence-corrected chi connectivity index (χ3v) is 5.41. The third-order valence-electron chi connectivity index (χ3n) is 4.62. The van der Waals surface area contributed by atoms with Gasteiger partial charge in [-0.05, 0) is 60.9 Å². The minimum absolute atomic E-state index is 0.0904. The van der Waals surface area contributed by atoms with Crippen LogP contribution in [0.3, 0.4) is 0 Å². The molecule has 150 valence electrons. The van der Waals surface area contributed by atoms with Gasteiger partial charge in [0.1, 0.15) is 0 Å². The van der Waals surface area contributed by atoms with Crippen LogP contribution in [0.1, 0.15) is 31.7 Å². The summed E-state index contributed by atoms with van der Waals surface area (Å²) in [6.07, 6.45) is 3.14. The van der Waals surface area contributed by atoms with Gasteiger partial charge in [-0.2, -0.15) is 5.10 Å². The molecule has 2 aromatic carbocycles. The van der Waals surface area contributed by atoms with E-state index in [2.05, 4.69) is 21.0 Å². The predicted molar refractivity (Wildman–Crippen MR) is 119 cm³/mol. The van der Waals surface area contributed by atoms with Crippen LogP contribution in [0.4, 0.5) is 5.69 Å². The lowest BCUT2D eigenvalue weighted by atomic mass is 9.91. The first-order valence-electron chi connectivity index (χ1n) is 9.25. The molecule has 29 heavy (non-hydrogen) atoms. The molecule has 1 N–H and O–H groups in total. The summed E-state index contributed by atoms with van der Waals surface area (Å²) in [5.74, 6) is -1.86. The Morgan fingerprint density at radius 2 is 1.86 bits per heavy atom. The minimum atomic E-state index is -1.04. The Labute approximate surface area is 182 Å². The molecule has 1 aliphatic heterocycles. The highest BCUT2D eigenvalue weighted by molar-refractivity contribution is 9.10. The van der Waals surface area contributed by atoms with Crippen LogP contribution < -0.4 is 5.01 Å². The largest absolute Gasteiger partial charge is 0.478 e. The molecule has 0 aromatic heterocycles. The number of nitrogens with zero attached hydrogens (tertiary/aromatic N) is 2. The van der Waals surface area contributed by atoms with E-state index in [1.165, 1.54) is 5.01 Å². The maximum absolute atomic E-state index is 13.1. The molecule has 5 nitrogen and oxygen atoms in total. The van der Waals surface area contributed by atoms with Gasteiger partial charge in [0.2, 0.25) is 0 Å². The van der Waals surface area contributed by atoms with E-state index in [0.717, 1.165) is 16.5 Å². The van der Waals surface area contributed by atoms with Crippen molar-refractivity contribution in [2.45, 2.75) is 26.2 Å². The number of hydrogen-bond donors (Lipinski definition) is 1. The summed E-state index contributed by atoms with van der Waals surface area (Å²) in [6.45, 7) is 2.00. The Balaban J connectivity index is 1.89. The molecule has 0 aliphatic carbocycles. The van der Waals surface area contributed by atoms with Crippen molar-refractivity contribution in [1.29, 1.82) is 0 Å². The highest BCUT2D eigenvalue weighted by Crippen LogP contribution is 2.31. The third kappa shape index (κ3) is 5.14. The lowest BCUT2D eigenvalue weighted by molar-refractivity contribution is -0.132. The molecule has 1 heterocycles. The van der Waals surface area contributed by atoms with Crippen LogP contribution in [0, 0.1) is 5.92 Å². The Morgan fingerprint density at radius 3 is 2.45 bits per heavy atom. The fourth-order valence-electron chi connectivity index (χ4n) is 3.18. The van der Waals surface area contributed by atoms with Crippen molar-refractivity contribution in [3.63, 3.8) is 0 Å². The molecule has 0 fully saturated rings. The molecule has 0 bridgehead atoms. The number of carbonyl (C=O) groups excluding carboxylic acids is 1. The zero-order chi connectivity index (χ0) is 21.0. The van der Waals surface area contributed by atoms with E-state index in [9.17, 15) is 14.7 Å². The van der Waals surface area contributed by atoms with Gasteiger partial charge < -0.3 is 5.11 Å². The zero-order valence-electron chi connectivity index (χ0n) is 15.8. The second-order valence-corrected chi connectivity index (χ2v) is 8.10. The van der Waals surface area contributed by atoms with Crippen LogP contribution >= 0.6 is 27.5 Å². The summed E-state index contributed by atoms with van der Waals surface area (Å²) in [5.41, 5.74) is 2.26. The first kappa shape index (κ1) is 21.3. The van der Waals surface area contributed by atoms with E-state index in [4.69, 9.17) is 11.6 Å². The molecule has 0 saturated heterocycles. The highest BCUT2D eigenvalue weighted by Gasteiger charge is 2.37. The number of benzene rings is 2. The van der Waals surface area contributed by atoms with E-state index >= 15 is 0 Å². The molecule has 1 amide bonds. The Bertz CT molecular complexity index is 969. The molecular weight excluding hydrogens is 456 g/mol. The number of rotatable bonds is 7. The number of hydrazone groups is 1. The number of aliphatic carboxylic acids is 1. The maximum atomic E-state index is 13.1. The average Bonchev–Trinajstić information content (AvgIpc) is 2.99. The summed E-state index contributed by atoms with van der Waals surface area (Å²) >= 11 is 9.30. The van der Waals surface area contributed by atoms with Gasteiger partial charge in [-0.25, -0.2) is 9.80 Å². The van der Waals surface area contributed by atoms with Crippen molar-refractivity contribution in [3.05, 3.63) is 69.2 Å². The van der Waals surface area contributed by atoms with E-state index in [1.54, 1.807) is 30.3 Å². The van der Waals surface area contributed by atoms with Crippen molar-refractivity contribution in [2.75, 3.05) is 5.01 Å². The molecule has 1 unspecified atom stereocenters. The summed E-state index contributed by atoms with van der Waals surface area (Å²) in [5, 5.41) is 16.1. The van der Waals surface area contributed by atoms with Crippen LogP contribution in [-0.4, -0.2) is 22.7 Å². The smallest absolute Gasteiger partial charge is 0.331 e. The topological polar surface area (TPSA) is 70.0 Å². The molecule has 0 spiro atoms. The Hall–Kier alpha value is -2.44. The second-order valence-electron chi connectivity index (χ2n) is 6.75. The Kier molecular flexibility index (Phi) is 6.87. The van der Waals surface area contributed by atoms with Crippen molar-refractivity contribution in [3.8, 4) is 0 Å². The van der Waals surface area contributed by atoms with Crippen molar-refractivity contribution >= 4 is 56.9 Å². The van der Waals surface area contributed by atoms with Gasteiger partial charge in [0.15, 0.2) is 0 Å². The lowest BCUT2D eigenvalue weighted by Crippen LogP contribution is -2.28. The van der Waals surface area contributed by atoms with Crippen LogP contribution in [0.15, 0.2) is 63.7 Å². The lowest BCUT2D eigenvalue weighted by Gasteiger charge is -2.15. The summed E-state index contributed by atoms with van der Waals surface area (Å²) in [6, 6.07) is 14.2. The van der Waals surface area contributed by atoms with Crippen LogP contribution in [0.5, 0.6) is 0 Å². The van der Waals surface area contributed by atoms with E-state index in [0.29, 0.717) is 22.8 Å². The van der Waals surface area contributed by atoms with Crippen molar-refractivity contribution in [2.24, 2.45) is 11.0 Å². The standard InChI is InChI=1S/C22H20BrClN2O3/c1-2-3-20-19(21(27)26(25-20)18-10-8-17(24)9-11-18)13-15(22(28)29)12-14-4-6-16(23)7-5-14/h4-12,19H,2-3,13H2,1H3,(H,28,29). The van der Waals surface area contributed by atoms with Gasteiger partial charge in [0, 0.05) is 15.1 Å². The van der Waals surface area contributed by atoms with Gasteiger partial charge >= 0.3 is 5.97 Å². The summed E-state index contributed by atoms with van der Waals surface area (Å²) in [4.78, 5) is 24.9. The number of anilines is 1. The quantitative estimate of drug-likeness (QED) is 0.516. The fourth-order valence-corrected chi connectivity index (χ4v) is 3.57. The van der Waals surface area contributed by atoms with Crippen molar-refractivity contribution in [1.82, 2.24) is 0 Å². The number of carboxylic acids is 1. The van der Waals surface area contributed by atoms with E-state index in [1.807, 2.05) is 31.2 Å². The molecule has 0 radical (unpaired) electrons. The van der Waals surface area contributed by atoms with Gasteiger partial charge in [0.05, 0.1) is 17.3 Å². The number of carboxylic acid groups (broad SMARTS) is 1. The number of hydrogen-bond acceptors (Lipinski definition) is 3. The molecule has 3 rings (SSSR count). The average molecular weight is 476 g/mol. The molecule has 0 saturated carbocycles. The zero-order valence-corrected chi connectivity index (χ0v) is 18.2. The molecule has 7 heteroatoms. The summed E-state index contributed by atoms with van der Waals surface area (Å²) in [7, 11) is 0. The SMILES string of the molecule is CCCC1=NN(c2ccc(Cl)cc2)C(=O)C1CC(=Cc1ccc(Br)cc1)C(=O)O. The Morgan fingerprint density at radius 1 is 1.21 bits per heavy atom. The maximum Gasteiger partial charge on any atom is 0.331 e. The number of amides is 1. The number of carbonyl (C=O) groups is 2. The van der Waals surface area contributed by atoms with Crippen LogP contribution in [0.2, 0.25) is 5.02 Å². The van der Waals surface area contributed by atoms with Gasteiger partial charge in [-0.1, -0.05) is 53.0 Å². The normalized spacial score (nSPS) is 16.9. The minimum Gasteiger partial charge on any atom is -0.478 e. The van der Waals surface area contributed by atoms with Crippen molar-refractivity contribution < 1.29 is 14.7 Å². The molecule has 2 aromatic rings. The highest BCUT2D eigenvalue weighted by atomic mass is 79.9. The van der Waals surface area contributed by atoms with Gasteiger partial charge in [-0.15, -0.1) is 0 Å². The monoisotopic (exact) mass is 474 g/mol. The van der Waals surface area contributed by atoms with Crippen LogP contribution in [-0.2, 0) is 9.59 Å². The first-order chi connectivity index (χ1) is 13.9. The summed E-state index contributed by atoms with van der Waals surface area (Å²) < 4.78 is 0.911.